The smallest absolute Gasteiger partial charge is 0.0830 e. The minimum Gasteiger partial charge on any atom is -0.388 e. The van der Waals surface area contributed by atoms with Crippen LogP contribution in [0.1, 0.15) is 48.5 Å². The van der Waals surface area contributed by atoms with E-state index < -0.39 is 6.10 Å². The summed E-state index contributed by atoms with van der Waals surface area (Å²) in [4.78, 5) is 0. The van der Waals surface area contributed by atoms with Gasteiger partial charge in [0.2, 0.25) is 0 Å². The minimum absolute atomic E-state index is 0. The van der Waals surface area contributed by atoms with Crippen LogP contribution in [0.4, 0.5) is 0 Å². The molecule has 0 aromatic heterocycles. The van der Waals surface area contributed by atoms with E-state index in [9.17, 15) is 5.11 Å². The first-order valence-corrected chi connectivity index (χ1v) is 8.85. The van der Waals surface area contributed by atoms with Gasteiger partial charge in [0, 0.05) is 25.9 Å². The van der Waals surface area contributed by atoms with Crippen LogP contribution in [-0.4, -0.2) is 5.11 Å². The van der Waals surface area contributed by atoms with Crippen molar-refractivity contribution in [2.45, 2.75) is 45.1 Å². The molecule has 1 aliphatic carbocycles. The van der Waals surface area contributed by atoms with Crippen LogP contribution in [0.2, 0.25) is 0 Å². The normalized spacial score (nSPS) is 16.9. The van der Waals surface area contributed by atoms with Crippen molar-refractivity contribution in [1.29, 1.82) is 0 Å². The average molecular weight is 422 g/mol. The molecule has 1 nitrogen and oxygen atoms in total. The maximum Gasteiger partial charge on any atom is 0.0830 e. The Morgan fingerprint density at radius 1 is 0.760 bits per heavy atom. The van der Waals surface area contributed by atoms with Crippen molar-refractivity contribution in [3.63, 3.8) is 0 Å². The van der Waals surface area contributed by atoms with Crippen molar-refractivity contribution in [2.24, 2.45) is 0 Å². The third-order valence-electron chi connectivity index (χ3n) is 4.19. The van der Waals surface area contributed by atoms with Gasteiger partial charge in [0.15, 0.2) is 0 Å². The first-order valence-electron chi connectivity index (χ1n) is 8.85. The second kappa shape index (κ2) is 12.8. The Bertz CT molecular complexity index is 620. The van der Waals surface area contributed by atoms with Crippen LogP contribution in [0, 0.1) is 6.92 Å². The van der Waals surface area contributed by atoms with Gasteiger partial charge < -0.3 is 5.11 Å². The molecule has 0 amide bonds. The quantitative estimate of drug-likeness (QED) is 0.480. The Balaban J connectivity index is 0.000000295. The second-order valence-corrected chi connectivity index (χ2v) is 6.15. The summed E-state index contributed by atoms with van der Waals surface area (Å²) in [5.41, 5.74) is 3.42. The van der Waals surface area contributed by atoms with E-state index in [-0.39, 0.29) is 19.5 Å². The summed E-state index contributed by atoms with van der Waals surface area (Å²) in [5, 5.41) is 10.1. The summed E-state index contributed by atoms with van der Waals surface area (Å²) in [6.45, 7) is 2.08. The fourth-order valence-corrected chi connectivity index (χ4v) is 2.70. The molecule has 0 heterocycles. The van der Waals surface area contributed by atoms with Crippen LogP contribution in [0.5, 0.6) is 0 Å². The Morgan fingerprint density at radius 2 is 1.24 bits per heavy atom. The number of aliphatic hydroxyl groups is 1. The maximum absolute atomic E-state index is 10.1. The van der Waals surface area contributed by atoms with Gasteiger partial charge in [0.25, 0.3) is 0 Å². The van der Waals surface area contributed by atoms with E-state index in [0.717, 1.165) is 5.56 Å². The Kier molecular flexibility index (Phi) is 11.0. The summed E-state index contributed by atoms with van der Waals surface area (Å²) in [5.74, 6) is 0. The number of aliphatic hydroxyl groups excluding tert-OH is 1. The van der Waals surface area contributed by atoms with Crippen molar-refractivity contribution in [1.82, 2.24) is 0 Å². The van der Waals surface area contributed by atoms with Crippen LogP contribution < -0.4 is 0 Å². The van der Waals surface area contributed by atoms with Crippen LogP contribution in [0.15, 0.2) is 78.9 Å². The van der Waals surface area contributed by atoms with E-state index >= 15 is 0 Å². The molecule has 0 saturated carbocycles. The molecule has 0 unspecified atom stereocenters. The summed E-state index contributed by atoms with van der Waals surface area (Å²) in [6.07, 6.45) is 14.3. The van der Waals surface area contributed by atoms with Crippen LogP contribution >= 0.6 is 0 Å². The van der Waals surface area contributed by atoms with Gasteiger partial charge in [-0.3, -0.25) is 0 Å². The minimum atomic E-state index is -0.415. The Labute approximate surface area is 165 Å². The third kappa shape index (κ3) is 8.43. The molecular weight excluding hydrogens is 393 g/mol. The molecule has 1 atom stereocenters. The van der Waals surface area contributed by atoms with E-state index in [1.165, 1.54) is 36.8 Å². The number of rotatable bonds is 3. The topological polar surface area (TPSA) is 20.2 Å². The number of aryl methyl sites for hydroxylation is 1. The van der Waals surface area contributed by atoms with E-state index in [4.69, 9.17) is 0 Å². The van der Waals surface area contributed by atoms with Crippen molar-refractivity contribution in [3.05, 3.63) is 95.6 Å². The molecule has 1 N–H and O–H groups in total. The van der Waals surface area contributed by atoms with E-state index in [1.54, 1.807) is 0 Å². The first kappa shape index (κ1) is 21.5. The van der Waals surface area contributed by atoms with Crippen molar-refractivity contribution in [2.75, 3.05) is 0 Å². The van der Waals surface area contributed by atoms with Crippen molar-refractivity contribution < 1.29 is 24.6 Å². The number of hydrogen-bond acceptors (Lipinski definition) is 1. The molecule has 2 heteroatoms. The molecule has 0 saturated heterocycles. The van der Waals surface area contributed by atoms with Gasteiger partial charge in [-0.05, 0) is 49.3 Å². The molecule has 0 aliphatic heterocycles. The van der Waals surface area contributed by atoms with Crippen molar-refractivity contribution in [3.8, 4) is 0 Å². The van der Waals surface area contributed by atoms with Gasteiger partial charge in [-0.1, -0.05) is 78.9 Å². The summed E-state index contributed by atoms with van der Waals surface area (Å²) < 4.78 is 0. The van der Waals surface area contributed by atoms with Crippen molar-refractivity contribution >= 4 is 0 Å². The largest absolute Gasteiger partial charge is 0.388 e. The second-order valence-electron chi connectivity index (χ2n) is 6.15. The fraction of sp³-hybridized carbons (Fsp3) is 0.304. The van der Waals surface area contributed by atoms with Gasteiger partial charge in [-0.2, -0.15) is 0 Å². The summed E-state index contributed by atoms with van der Waals surface area (Å²) >= 11 is 0. The predicted octanol–water partition coefficient (Wildman–Crippen LogP) is 5.94. The maximum atomic E-state index is 10.1. The van der Waals surface area contributed by atoms with Crippen LogP contribution in [0.3, 0.4) is 0 Å². The molecule has 0 radical (unpaired) electrons. The van der Waals surface area contributed by atoms with Gasteiger partial charge in [0.1, 0.15) is 0 Å². The van der Waals surface area contributed by atoms with Crippen LogP contribution in [0.25, 0.3) is 0 Å². The molecular formula is C23H28ORu. The molecule has 25 heavy (non-hydrogen) atoms. The zero-order valence-corrected chi connectivity index (χ0v) is 16.7. The predicted molar refractivity (Wildman–Crippen MR) is 103 cm³/mol. The van der Waals surface area contributed by atoms with Gasteiger partial charge in [-0.25, -0.2) is 0 Å². The SMILES string of the molecule is C1=C\CC/C=C\CC/1.Cc1ccccc1C[C@H](O)c1ccccc1.[Ru]. The van der Waals surface area contributed by atoms with Gasteiger partial charge in [0.05, 0.1) is 6.10 Å². The zero-order chi connectivity index (χ0) is 17.0. The number of hydrogen-bond donors (Lipinski definition) is 1. The zero-order valence-electron chi connectivity index (χ0n) is 14.9. The van der Waals surface area contributed by atoms with E-state index in [0.29, 0.717) is 6.42 Å². The Morgan fingerprint density at radius 3 is 1.76 bits per heavy atom. The molecule has 0 spiro atoms. The third-order valence-corrected chi connectivity index (χ3v) is 4.19. The first-order chi connectivity index (χ1) is 11.8. The molecule has 3 rings (SSSR count). The average Bonchev–Trinajstić information content (AvgIpc) is 2.58. The number of benzene rings is 2. The standard InChI is InChI=1S/C15H16O.C8H12.Ru/c1-12-7-5-6-10-14(12)11-15(16)13-8-3-2-4-9-13;1-2-4-6-8-7-5-3-1;/h2-10,15-16H,11H2,1H3;1-2,7-8H,3-6H2;/b;2-1-,8-7-;/t15-;;/m0../s1. The molecule has 2 aromatic carbocycles. The van der Waals surface area contributed by atoms with E-state index in [1.807, 2.05) is 42.5 Å². The Hall–Kier alpha value is -1.50. The van der Waals surface area contributed by atoms with Crippen LogP contribution in [-0.2, 0) is 25.9 Å². The van der Waals surface area contributed by atoms with E-state index in [2.05, 4.69) is 43.4 Å². The van der Waals surface area contributed by atoms with Gasteiger partial charge >= 0.3 is 0 Å². The molecule has 1 aliphatic rings. The molecule has 2 aromatic rings. The number of allylic oxidation sites excluding steroid dienone is 4. The fourth-order valence-electron chi connectivity index (χ4n) is 2.70. The molecule has 0 fully saturated rings. The summed E-state index contributed by atoms with van der Waals surface area (Å²) in [6, 6.07) is 18.0. The summed E-state index contributed by atoms with van der Waals surface area (Å²) in [7, 11) is 0. The molecule has 134 valence electrons. The van der Waals surface area contributed by atoms with Gasteiger partial charge in [-0.15, -0.1) is 0 Å². The monoisotopic (exact) mass is 422 g/mol. The molecule has 0 bridgehead atoms.